The van der Waals surface area contributed by atoms with Gasteiger partial charge in [0.05, 0.1) is 6.42 Å². The van der Waals surface area contributed by atoms with Crippen molar-refractivity contribution in [2.45, 2.75) is 70.6 Å². The smallest absolute Gasteiger partial charge is 0.247 e. The van der Waals surface area contributed by atoms with Crippen LogP contribution in [0.15, 0.2) is 30.3 Å². The monoisotopic (exact) mass is 275 g/mol. The van der Waals surface area contributed by atoms with Crippen molar-refractivity contribution < 1.29 is 9.90 Å². The quantitative estimate of drug-likeness (QED) is 0.490. The van der Waals surface area contributed by atoms with Gasteiger partial charge in [0.15, 0.2) is 0 Å². The Labute approximate surface area is 123 Å². The second-order valence-electron chi connectivity index (χ2n) is 5.54. The van der Waals surface area contributed by atoms with Gasteiger partial charge in [-0.05, 0) is 24.8 Å². The van der Waals surface area contributed by atoms with E-state index >= 15 is 0 Å². The molecule has 0 N–H and O–H groups in total. The van der Waals surface area contributed by atoms with Crippen molar-refractivity contribution in [2.75, 3.05) is 0 Å². The number of hydrogen-bond donors (Lipinski definition) is 0. The van der Waals surface area contributed by atoms with Crippen LogP contribution in [0.2, 0.25) is 0 Å². The molecule has 0 fully saturated rings. The second-order valence-corrected chi connectivity index (χ2v) is 5.54. The van der Waals surface area contributed by atoms with Crippen molar-refractivity contribution in [3.05, 3.63) is 35.9 Å². The number of carbonyl (C=O) groups excluding carboxylic acids is 1. The Bertz CT molecular complexity index is 346. The predicted molar refractivity (Wildman–Crippen MR) is 82.0 cm³/mol. The van der Waals surface area contributed by atoms with E-state index in [1.807, 2.05) is 0 Å². The first kappa shape index (κ1) is 16.7. The first-order valence-corrected chi connectivity index (χ1v) is 8.03. The molecule has 1 rings (SSSR count). The van der Waals surface area contributed by atoms with E-state index < -0.39 is 5.97 Å². The zero-order chi connectivity index (χ0) is 14.5. The van der Waals surface area contributed by atoms with Crippen molar-refractivity contribution in [3.63, 3.8) is 0 Å². The minimum Gasteiger partial charge on any atom is -0.247 e. The molecule has 1 aromatic carbocycles. The van der Waals surface area contributed by atoms with E-state index in [-0.39, 0.29) is 6.42 Å². The number of hydrogen-bond acceptors (Lipinski definition) is 1. The van der Waals surface area contributed by atoms with Crippen LogP contribution in [0.4, 0.5) is 0 Å². The third-order valence-electron chi connectivity index (χ3n) is 3.69. The lowest BCUT2D eigenvalue weighted by molar-refractivity contribution is -0.143. The molecule has 2 heteroatoms. The van der Waals surface area contributed by atoms with Gasteiger partial charge in [0, 0.05) is 0 Å². The molecule has 0 heterocycles. The van der Waals surface area contributed by atoms with Gasteiger partial charge in [-0.25, -0.2) is 9.90 Å². The Morgan fingerprint density at radius 1 is 0.700 bits per heavy atom. The zero-order valence-electron chi connectivity index (χ0n) is 12.5. The van der Waals surface area contributed by atoms with E-state index in [1.165, 1.54) is 50.5 Å². The Hall–Kier alpha value is -1.31. The third-order valence-corrected chi connectivity index (χ3v) is 3.69. The maximum absolute atomic E-state index is 10.2. The Morgan fingerprint density at radius 3 is 1.75 bits per heavy atom. The number of carbonyl (C=O) groups is 1. The second kappa shape index (κ2) is 11.5. The highest BCUT2D eigenvalue weighted by molar-refractivity contribution is 5.66. The van der Waals surface area contributed by atoms with Gasteiger partial charge >= 0.3 is 5.97 Å². The van der Waals surface area contributed by atoms with Crippen molar-refractivity contribution in [3.8, 4) is 0 Å². The summed E-state index contributed by atoms with van der Waals surface area (Å²) < 4.78 is 0. The van der Waals surface area contributed by atoms with E-state index in [0.29, 0.717) is 0 Å². The molecule has 0 bridgehead atoms. The molecule has 0 spiro atoms. The Kier molecular flexibility index (Phi) is 9.64. The molecule has 0 aliphatic rings. The maximum Gasteiger partial charge on any atom is 0.355 e. The fraction of sp³-hybridized carbons (Fsp3) is 0.611. The molecular weight excluding hydrogens is 248 g/mol. The average Bonchev–Trinajstić information content (AvgIpc) is 2.45. The first-order chi connectivity index (χ1) is 9.79. The van der Waals surface area contributed by atoms with Crippen LogP contribution in [-0.2, 0) is 16.3 Å². The molecule has 0 saturated carbocycles. The van der Waals surface area contributed by atoms with Crippen LogP contribution < -0.4 is 0 Å². The van der Waals surface area contributed by atoms with Gasteiger partial charge in [-0.2, -0.15) is 0 Å². The number of unbranched alkanes of at least 4 members (excludes halogenated alkanes) is 8. The summed E-state index contributed by atoms with van der Waals surface area (Å²) in [6, 6.07) is 10.7. The lowest BCUT2D eigenvalue weighted by Gasteiger charge is -2.03. The van der Waals surface area contributed by atoms with Gasteiger partial charge in [0.1, 0.15) is 0 Å². The number of aryl methyl sites for hydroxylation is 1. The molecule has 1 radical (unpaired) electrons. The summed E-state index contributed by atoms with van der Waals surface area (Å²) in [5.74, 6) is -0.914. The normalized spacial score (nSPS) is 10.6. The SMILES string of the molecule is [O]C(=O)CCCCCCCCCCCc1ccccc1. The van der Waals surface area contributed by atoms with Crippen LogP contribution in [0.3, 0.4) is 0 Å². The molecule has 0 aliphatic heterocycles. The van der Waals surface area contributed by atoms with E-state index in [2.05, 4.69) is 30.3 Å². The van der Waals surface area contributed by atoms with Gasteiger partial charge in [-0.3, -0.25) is 0 Å². The summed E-state index contributed by atoms with van der Waals surface area (Å²) in [4.78, 5) is 10.2. The van der Waals surface area contributed by atoms with Gasteiger partial charge < -0.3 is 0 Å². The fourth-order valence-corrected chi connectivity index (χ4v) is 2.48. The highest BCUT2D eigenvalue weighted by Crippen LogP contribution is 2.12. The highest BCUT2D eigenvalue weighted by atomic mass is 16.4. The lowest BCUT2D eigenvalue weighted by atomic mass is 10.0. The topological polar surface area (TPSA) is 37.0 Å². The molecule has 0 amide bonds. The largest absolute Gasteiger partial charge is 0.355 e. The Balaban J connectivity index is 1.80. The van der Waals surface area contributed by atoms with Crippen LogP contribution in [-0.4, -0.2) is 5.97 Å². The molecule has 0 saturated heterocycles. The van der Waals surface area contributed by atoms with E-state index in [4.69, 9.17) is 0 Å². The molecule has 20 heavy (non-hydrogen) atoms. The average molecular weight is 275 g/mol. The van der Waals surface area contributed by atoms with Crippen LogP contribution >= 0.6 is 0 Å². The van der Waals surface area contributed by atoms with Crippen molar-refractivity contribution in [1.29, 1.82) is 0 Å². The standard InChI is InChI=1S/C18H27O2/c19-18(20)16-12-7-5-3-1-2-4-6-9-13-17-14-10-8-11-15-17/h8,10-11,14-15H,1-7,9,12-13,16H2. The molecule has 0 atom stereocenters. The molecule has 0 unspecified atom stereocenters. The summed E-state index contributed by atoms with van der Waals surface area (Å²) >= 11 is 0. The van der Waals surface area contributed by atoms with Crippen molar-refractivity contribution in [1.82, 2.24) is 0 Å². The minimum absolute atomic E-state index is 0.222. The predicted octanol–water partition coefficient (Wildman–Crippen LogP) is 5.09. The molecule has 0 aliphatic carbocycles. The highest BCUT2D eigenvalue weighted by Gasteiger charge is 1.98. The fourth-order valence-electron chi connectivity index (χ4n) is 2.48. The molecule has 111 valence electrons. The van der Waals surface area contributed by atoms with E-state index in [0.717, 1.165) is 19.3 Å². The number of rotatable bonds is 12. The lowest BCUT2D eigenvalue weighted by Crippen LogP contribution is -1.91. The van der Waals surface area contributed by atoms with Crippen LogP contribution in [0, 0.1) is 0 Å². The molecular formula is C18H27O2. The van der Waals surface area contributed by atoms with Crippen molar-refractivity contribution in [2.24, 2.45) is 0 Å². The Morgan fingerprint density at radius 2 is 1.20 bits per heavy atom. The first-order valence-electron chi connectivity index (χ1n) is 8.03. The third kappa shape index (κ3) is 9.60. The van der Waals surface area contributed by atoms with Crippen LogP contribution in [0.25, 0.3) is 0 Å². The van der Waals surface area contributed by atoms with Gasteiger partial charge in [-0.15, -0.1) is 0 Å². The van der Waals surface area contributed by atoms with Gasteiger partial charge in [0.25, 0.3) is 0 Å². The van der Waals surface area contributed by atoms with Gasteiger partial charge in [-0.1, -0.05) is 75.3 Å². The van der Waals surface area contributed by atoms with E-state index in [1.54, 1.807) is 0 Å². The summed E-state index contributed by atoms with van der Waals surface area (Å²) in [7, 11) is 0. The van der Waals surface area contributed by atoms with Crippen molar-refractivity contribution >= 4 is 5.97 Å². The summed E-state index contributed by atoms with van der Waals surface area (Å²) in [6.45, 7) is 0. The van der Waals surface area contributed by atoms with Crippen LogP contribution in [0.5, 0.6) is 0 Å². The molecule has 1 aromatic rings. The maximum atomic E-state index is 10.2. The summed E-state index contributed by atoms with van der Waals surface area (Å²) in [5, 5.41) is 10.2. The summed E-state index contributed by atoms with van der Waals surface area (Å²) in [5.41, 5.74) is 1.44. The molecule has 0 aromatic heterocycles. The van der Waals surface area contributed by atoms with E-state index in [9.17, 15) is 9.90 Å². The molecule has 2 nitrogen and oxygen atoms in total. The summed E-state index contributed by atoms with van der Waals surface area (Å²) in [6.07, 6.45) is 12.2. The van der Waals surface area contributed by atoms with Gasteiger partial charge in [0.2, 0.25) is 0 Å². The number of benzene rings is 1. The minimum atomic E-state index is -0.914. The van der Waals surface area contributed by atoms with Crippen LogP contribution in [0.1, 0.15) is 69.8 Å². The zero-order valence-corrected chi connectivity index (χ0v) is 12.5.